The first kappa shape index (κ1) is 32.6. The molecule has 0 aliphatic carbocycles. The molecule has 3 aromatic heterocycles. The van der Waals surface area contributed by atoms with Crippen molar-refractivity contribution in [3.05, 3.63) is 106 Å². The van der Waals surface area contributed by atoms with E-state index < -0.39 is 34.5 Å². The Morgan fingerprint density at radius 2 is 1.98 bits per heavy atom. The van der Waals surface area contributed by atoms with Crippen molar-refractivity contribution < 1.29 is 22.1 Å². The molecule has 1 fully saturated rings. The number of nitrogens with zero attached hydrogens (tertiary/aromatic N) is 5. The molecule has 0 spiro atoms. The van der Waals surface area contributed by atoms with Crippen LogP contribution < -0.4 is 21.1 Å². The molecule has 1 aliphatic rings. The normalized spacial score (nSPS) is 16.0. The van der Waals surface area contributed by atoms with Crippen molar-refractivity contribution in [3.63, 3.8) is 0 Å². The van der Waals surface area contributed by atoms with Gasteiger partial charge in [0.1, 0.15) is 17.2 Å². The van der Waals surface area contributed by atoms with Gasteiger partial charge in [-0.25, -0.2) is 14.4 Å². The van der Waals surface area contributed by atoms with Crippen molar-refractivity contribution in [1.82, 2.24) is 24.8 Å². The van der Waals surface area contributed by atoms with Crippen LogP contribution in [-0.4, -0.2) is 61.7 Å². The van der Waals surface area contributed by atoms with Gasteiger partial charge in [0.05, 0.1) is 17.7 Å². The first-order chi connectivity index (χ1) is 22.5. The maximum Gasteiger partial charge on any atom is 0.433 e. The number of rotatable bonds is 9. The Balaban J connectivity index is 1.39. The number of benzene rings is 2. The molecule has 1 aliphatic heterocycles. The third kappa shape index (κ3) is 7.17. The minimum atomic E-state index is -4.66. The molecule has 0 bridgehead atoms. The quantitative estimate of drug-likeness (QED) is 0.150. The summed E-state index contributed by atoms with van der Waals surface area (Å²) < 4.78 is 68.3. The second-order valence-electron chi connectivity index (χ2n) is 11.0. The van der Waals surface area contributed by atoms with Gasteiger partial charge in [0, 0.05) is 59.7 Å². The van der Waals surface area contributed by atoms with Crippen LogP contribution in [0.1, 0.15) is 23.7 Å². The summed E-state index contributed by atoms with van der Waals surface area (Å²) in [5.41, 5.74) is 3.14. The Morgan fingerprint density at radius 1 is 1.19 bits per heavy atom. The Hall–Kier alpha value is -4.31. The van der Waals surface area contributed by atoms with E-state index in [4.69, 9.17) is 0 Å². The fourth-order valence-corrected chi connectivity index (χ4v) is 7.51. The second-order valence-corrected chi connectivity index (χ2v) is 13.5. The van der Waals surface area contributed by atoms with Crippen LogP contribution in [0.2, 0.25) is 0 Å². The van der Waals surface area contributed by atoms with Gasteiger partial charge in [-0.3, -0.25) is 9.36 Å². The van der Waals surface area contributed by atoms with Crippen LogP contribution in [0.5, 0.6) is 0 Å². The van der Waals surface area contributed by atoms with Gasteiger partial charge in [-0.05, 0) is 42.3 Å². The topological polar surface area (TPSA) is 111 Å². The van der Waals surface area contributed by atoms with Crippen molar-refractivity contribution in [2.45, 2.75) is 29.9 Å². The molecule has 5 aromatic rings. The van der Waals surface area contributed by atoms with E-state index in [0.717, 1.165) is 24.4 Å². The molecule has 4 heterocycles. The molecular weight excluding hydrogens is 655 g/mol. The molecule has 2 aromatic carbocycles. The molecule has 47 heavy (non-hydrogen) atoms. The number of nitrogens with one attached hydrogen (secondary N) is 2. The zero-order chi connectivity index (χ0) is 33.3. The van der Waals surface area contributed by atoms with Crippen LogP contribution in [-0.2, 0) is 17.7 Å². The summed E-state index contributed by atoms with van der Waals surface area (Å²) in [7, 11) is 0. The predicted molar refractivity (Wildman–Crippen MR) is 176 cm³/mol. The number of fused-ring (bicyclic) bond motifs is 1. The summed E-state index contributed by atoms with van der Waals surface area (Å²) in [6, 6.07) is 15.5. The number of piperazine rings is 1. The van der Waals surface area contributed by atoms with Crippen molar-refractivity contribution in [1.29, 1.82) is 0 Å². The lowest BCUT2D eigenvalue weighted by Crippen LogP contribution is -2.50. The number of anilines is 3. The minimum absolute atomic E-state index is 0.0522. The summed E-state index contributed by atoms with van der Waals surface area (Å²) in [6.07, 6.45) is -3.17. The molecule has 9 nitrogen and oxygen atoms in total. The van der Waals surface area contributed by atoms with Crippen molar-refractivity contribution in [3.8, 4) is 0 Å². The van der Waals surface area contributed by atoms with Crippen LogP contribution in [0.15, 0.2) is 81.9 Å². The zero-order valence-electron chi connectivity index (χ0n) is 25.1. The molecule has 15 heteroatoms. The minimum Gasteiger partial charge on any atom is -0.610 e. The molecule has 244 valence electrons. The first-order valence-electron chi connectivity index (χ1n) is 14.5. The lowest BCUT2D eigenvalue weighted by atomic mass is 10.00. The van der Waals surface area contributed by atoms with E-state index in [1.807, 2.05) is 17.9 Å². The average molecular weight is 684 g/mol. The van der Waals surface area contributed by atoms with Gasteiger partial charge in [0.25, 0.3) is 5.56 Å². The smallest absolute Gasteiger partial charge is 0.433 e. The Morgan fingerprint density at radius 3 is 2.70 bits per heavy atom. The first-order valence-corrected chi connectivity index (χ1v) is 16.7. The summed E-state index contributed by atoms with van der Waals surface area (Å²) in [4.78, 5) is 29.2. The van der Waals surface area contributed by atoms with Crippen LogP contribution in [0.3, 0.4) is 0 Å². The standard InChI is InChI=1S/C32H29F4N7O2S2/c1-19-14-37-10-11-42(19)27-9-8-23(13-25(27)33)40-31-38-15-22-12-24(20(2)21-6-4-3-5-7-21)29(44)43(28(22)41-31)16-26-30(46-18-39-26)47(45)17-32(34,35)36/h3-9,12-13,15,18-19,37H,2,10-11,14,16-17H2,1H3,(H,38,40,41). The SMILES string of the molecule is C=C(c1ccccc1)c1cc2cnc(Nc3ccc(N4CCNCC4C)c(F)c3)nc2n(Cc2ncsc2[S+]([O-])CC(F)(F)F)c1=O. The third-order valence-corrected chi connectivity index (χ3v) is 10.4. The van der Waals surface area contributed by atoms with Gasteiger partial charge >= 0.3 is 6.18 Å². The number of pyridine rings is 1. The lowest BCUT2D eigenvalue weighted by molar-refractivity contribution is -0.106. The summed E-state index contributed by atoms with van der Waals surface area (Å²) in [5, 5.41) is 6.71. The largest absolute Gasteiger partial charge is 0.610 e. The molecule has 0 radical (unpaired) electrons. The van der Waals surface area contributed by atoms with Crippen LogP contribution in [0, 0.1) is 5.82 Å². The van der Waals surface area contributed by atoms with E-state index in [-0.39, 0.29) is 39.6 Å². The number of halogens is 4. The number of thiazole rings is 1. The third-order valence-electron chi connectivity index (χ3n) is 7.70. The predicted octanol–water partition coefficient (Wildman–Crippen LogP) is 5.71. The van der Waals surface area contributed by atoms with E-state index in [2.05, 4.69) is 32.2 Å². The van der Waals surface area contributed by atoms with Crippen LogP contribution in [0.4, 0.5) is 34.9 Å². The molecule has 0 saturated carbocycles. The lowest BCUT2D eigenvalue weighted by Gasteiger charge is -2.36. The summed E-state index contributed by atoms with van der Waals surface area (Å²) in [6.45, 7) is 7.98. The monoisotopic (exact) mass is 683 g/mol. The zero-order valence-corrected chi connectivity index (χ0v) is 26.7. The highest BCUT2D eigenvalue weighted by atomic mass is 32.2. The maximum atomic E-state index is 15.3. The van der Waals surface area contributed by atoms with Gasteiger partial charge in [-0.1, -0.05) is 48.2 Å². The summed E-state index contributed by atoms with van der Waals surface area (Å²) >= 11 is -1.60. The van der Waals surface area contributed by atoms with Crippen molar-refractivity contribution in [2.24, 2.45) is 0 Å². The highest BCUT2D eigenvalue weighted by Gasteiger charge is 2.37. The van der Waals surface area contributed by atoms with Gasteiger partial charge in [0.2, 0.25) is 15.9 Å². The number of alkyl halides is 3. The van der Waals surface area contributed by atoms with Crippen LogP contribution in [0.25, 0.3) is 16.6 Å². The van der Waals surface area contributed by atoms with Gasteiger partial charge in [-0.15, -0.1) is 0 Å². The highest BCUT2D eigenvalue weighted by molar-refractivity contribution is 7.93. The number of hydrogen-bond acceptors (Lipinski definition) is 9. The fraction of sp³-hybridized carbons (Fsp3) is 0.250. The Labute approximate surface area is 274 Å². The van der Waals surface area contributed by atoms with Crippen molar-refractivity contribution >= 4 is 56.4 Å². The van der Waals surface area contributed by atoms with E-state index in [9.17, 15) is 22.5 Å². The fourth-order valence-electron chi connectivity index (χ4n) is 5.44. The number of aromatic nitrogens is 4. The average Bonchev–Trinajstić information content (AvgIpc) is 3.51. The Bertz CT molecular complexity index is 1980. The van der Waals surface area contributed by atoms with E-state index >= 15 is 4.39 Å². The molecule has 2 N–H and O–H groups in total. The number of hydrogen-bond donors (Lipinski definition) is 2. The van der Waals surface area contributed by atoms with Gasteiger partial charge in [-0.2, -0.15) is 18.2 Å². The highest BCUT2D eigenvalue weighted by Crippen LogP contribution is 2.30. The van der Waals surface area contributed by atoms with E-state index in [0.29, 0.717) is 34.4 Å². The van der Waals surface area contributed by atoms with Crippen molar-refractivity contribution in [2.75, 3.05) is 35.6 Å². The molecule has 1 saturated heterocycles. The van der Waals surface area contributed by atoms with E-state index in [1.165, 1.54) is 22.3 Å². The van der Waals surface area contributed by atoms with E-state index in [1.54, 1.807) is 42.5 Å². The summed E-state index contributed by atoms with van der Waals surface area (Å²) in [5.74, 6) is -1.91. The molecule has 2 unspecified atom stereocenters. The second kappa shape index (κ2) is 13.4. The van der Waals surface area contributed by atoms with Gasteiger partial charge < -0.3 is 20.1 Å². The molecule has 0 amide bonds. The van der Waals surface area contributed by atoms with Crippen LogP contribution >= 0.6 is 11.3 Å². The molecular formula is C32H29F4N7O2S2. The van der Waals surface area contributed by atoms with Gasteiger partial charge in [0.15, 0.2) is 0 Å². The maximum absolute atomic E-state index is 15.3. The molecule has 6 rings (SSSR count). The Kier molecular flexibility index (Phi) is 9.32. The molecule has 2 atom stereocenters.